The number of fused-ring (bicyclic) bond motifs is 1. The lowest BCUT2D eigenvalue weighted by Crippen LogP contribution is -2.40. The molecular weight excluding hydrogens is 403 g/mol. The average molecular weight is 422 g/mol. The van der Waals surface area contributed by atoms with E-state index in [4.69, 9.17) is 0 Å². The van der Waals surface area contributed by atoms with E-state index >= 15 is 0 Å². The van der Waals surface area contributed by atoms with Crippen molar-refractivity contribution in [3.8, 4) is 11.3 Å². The zero-order chi connectivity index (χ0) is 19.6. The fourth-order valence-corrected chi connectivity index (χ4v) is 3.28. The van der Waals surface area contributed by atoms with Crippen LogP contribution in [0, 0.1) is 0 Å². The molecule has 152 valence electrons. The quantitative estimate of drug-likeness (QED) is 0.664. The molecule has 0 bridgehead atoms. The highest BCUT2D eigenvalue weighted by Gasteiger charge is 2.35. The summed E-state index contributed by atoms with van der Waals surface area (Å²) in [6.07, 6.45) is 0.00364. The number of halogens is 4. The number of rotatable bonds is 4. The van der Waals surface area contributed by atoms with Gasteiger partial charge in [0.05, 0.1) is 5.69 Å². The molecule has 9 heteroatoms. The third kappa shape index (κ3) is 4.83. The Morgan fingerprint density at radius 2 is 1.79 bits per heavy atom. The zero-order valence-electron chi connectivity index (χ0n) is 15.3. The van der Waals surface area contributed by atoms with E-state index in [-0.39, 0.29) is 30.1 Å². The smallest absolute Gasteiger partial charge is 0.353 e. The van der Waals surface area contributed by atoms with E-state index < -0.39 is 11.7 Å². The number of hydrogen-bond donors (Lipinski definition) is 2. The molecule has 0 aliphatic carbocycles. The van der Waals surface area contributed by atoms with Crippen LogP contribution in [-0.2, 0) is 19.1 Å². The predicted molar refractivity (Wildman–Crippen MR) is 107 cm³/mol. The molecular formula is C20H19ClF3N5. The topological polar surface area (TPSA) is 62.7 Å². The van der Waals surface area contributed by atoms with Gasteiger partial charge in [-0.15, -0.1) is 12.4 Å². The van der Waals surface area contributed by atoms with Crippen LogP contribution in [0.3, 0.4) is 0 Å². The molecule has 0 fully saturated rings. The Balaban J connectivity index is 0.00000240. The Hall–Kier alpha value is -2.71. The normalized spacial score (nSPS) is 15.9. The molecule has 2 aromatic heterocycles. The maximum absolute atomic E-state index is 13.4. The second kappa shape index (κ2) is 8.75. The molecule has 3 heterocycles. The Morgan fingerprint density at radius 1 is 1.07 bits per heavy atom. The van der Waals surface area contributed by atoms with Crippen molar-refractivity contribution in [3.63, 3.8) is 0 Å². The minimum Gasteiger partial charge on any atom is -0.353 e. The fraction of sp³-hybridized carbons (Fsp3) is 0.250. The molecule has 0 saturated carbocycles. The summed E-state index contributed by atoms with van der Waals surface area (Å²) in [5, 5.41) is 6.49. The van der Waals surface area contributed by atoms with Gasteiger partial charge in [-0.25, -0.2) is 9.97 Å². The minimum absolute atomic E-state index is 0. The summed E-state index contributed by atoms with van der Waals surface area (Å²) in [5.74, 6) is 0.167. The van der Waals surface area contributed by atoms with Gasteiger partial charge in [0.2, 0.25) is 5.95 Å². The number of pyridine rings is 1. The van der Waals surface area contributed by atoms with E-state index in [0.717, 1.165) is 19.2 Å². The Bertz CT molecular complexity index is 966. The van der Waals surface area contributed by atoms with Gasteiger partial charge in [0.25, 0.3) is 0 Å². The van der Waals surface area contributed by atoms with Gasteiger partial charge in [-0.2, -0.15) is 13.2 Å². The van der Waals surface area contributed by atoms with Gasteiger partial charge in [-0.05, 0) is 29.7 Å². The highest BCUT2D eigenvalue weighted by molar-refractivity contribution is 5.85. The highest BCUT2D eigenvalue weighted by atomic mass is 35.5. The first-order chi connectivity index (χ1) is 13.5. The molecule has 0 amide bonds. The molecule has 1 aliphatic heterocycles. The second-order valence-corrected chi connectivity index (χ2v) is 6.62. The monoisotopic (exact) mass is 421 g/mol. The van der Waals surface area contributed by atoms with Crippen LogP contribution in [0.2, 0.25) is 0 Å². The van der Waals surface area contributed by atoms with Crippen LogP contribution in [0.15, 0.2) is 55.0 Å². The Labute approximate surface area is 172 Å². The minimum atomic E-state index is -4.54. The van der Waals surface area contributed by atoms with Gasteiger partial charge < -0.3 is 10.6 Å². The lowest BCUT2D eigenvalue weighted by Gasteiger charge is -2.26. The second-order valence-electron chi connectivity index (χ2n) is 6.62. The van der Waals surface area contributed by atoms with E-state index in [1.165, 1.54) is 35.7 Å². The SMILES string of the molecule is Cl.FC(F)(F)c1cnc(NCC2Cc3ccccc3CN2)nc1-c1ccncc1. The van der Waals surface area contributed by atoms with Crippen LogP contribution >= 0.6 is 12.4 Å². The zero-order valence-corrected chi connectivity index (χ0v) is 16.1. The molecule has 0 saturated heterocycles. The predicted octanol–water partition coefficient (Wildman–Crippen LogP) is 4.11. The molecule has 0 radical (unpaired) electrons. The third-order valence-electron chi connectivity index (χ3n) is 4.72. The summed E-state index contributed by atoms with van der Waals surface area (Å²) < 4.78 is 40.1. The first-order valence-corrected chi connectivity index (χ1v) is 8.89. The molecule has 0 spiro atoms. The van der Waals surface area contributed by atoms with Crippen LogP contribution < -0.4 is 10.6 Å². The third-order valence-corrected chi connectivity index (χ3v) is 4.72. The number of anilines is 1. The Morgan fingerprint density at radius 3 is 2.52 bits per heavy atom. The van der Waals surface area contributed by atoms with E-state index in [2.05, 4.69) is 37.7 Å². The van der Waals surface area contributed by atoms with Gasteiger partial charge in [0, 0.05) is 43.3 Å². The molecule has 1 aliphatic rings. The van der Waals surface area contributed by atoms with Crippen molar-refractivity contribution >= 4 is 18.4 Å². The molecule has 3 aromatic rings. The average Bonchev–Trinajstić information content (AvgIpc) is 2.72. The van der Waals surface area contributed by atoms with Gasteiger partial charge >= 0.3 is 6.18 Å². The fourth-order valence-electron chi connectivity index (χ4n) is 3.28. The molecule has 2 N–H and O–H groups in total. The van der Waals surface area contributed by atoms with Crippen molar-refractivity contribution in [1.29, 1.82) is 0 Å². The number of benzene rings is 1. The lowest BCUT2D eigenvalue weighted by atomic mass is 9.96. The van der Waals surface area contributed by atoms with E-state index in [1.807, 2.05) is 12.1 Å². The van der Waals surface area contributed by atoms with Gasteiger partial charge in [-0.1, -0.05) is 24.3 Å². The van der Waals surface area contributed by atoms with Crippen LogP contribution in [0.25, 0.3) is 11.3 Å². The van der Waals surface area contributed by atoms with Crippen molar-refractivity contribution in [3.05, 3.63) is 71.7 Å². The van der Waals surface area contributed by atoms with Crippen molar-refractivity contribution in [2.45, 2.75) is 25.2 Å². The van der Waals surface area contributed by atoms with E-state index in [0.29, 0.717) is 12.1 Å². The summed E-state index contributed by atoms with van der Waals surface area (Å²) in [5.41, 5.74) is 1.86. The van der Waals surface area contributed by atoms with Crippen LogP contribution in [-0.4, -0.2) is 27.5 Å². The molecule has 4 rings (SSSR count). The van der Waals surface area contributed by atoms with E-state index in [9.17, 15) is 13.2 Å². The van der Waals surface area contributed by atoms with Gasteiger partial charge in [0.1, 0.15) is 5.56 Å². The van der Waals surface area contributed by atoms with Crippen molar-refractivity contribution in [2.24, 2.45) is 0 Å². The standard InChI is InChI=1S/C20H18F3N5.ClH/c21-20(22,23)17-12-27-19(28-18(17)13-5-7-24-8-6-13)26-11-16-9-14-3-1-2-4-15(14)10-25-16;/h1-8,12,16,25H,9-11H2,(H,26,27,28);1H. The van der Waals surface area contributed by atoms with E-state index in [1.54, 1.807) is 0 Å². The molecule has 1 unspecified atom stereocenters. The van der Waals surface area contributed by atoms with Gasteiger partial charge in [-0.3, -0.25) is 4.98 Å². The summed E-state index contributed by atoms with van der Waals surface area (Å²) in [7, 11) is 0. The van der Waals surface area contributed by atoms with Crippen molar-refractivity contribution in [2.75, 3.05) is 11.9 Å². The van der Waals surface area contributed by atoms with Crippen LogP contribution in [0.4, 0.5) is 19.1 Å². The first kappa shape index (κ1) is 21.0. The summed E-state index contributed by atoms with van der Waals surface area (Å²) in [4.78, 5) is 11.9. The number of hydrogen-bond acceptors (Lipinski definition) is 5. The molecule has 1 aromatic carbocycles. The molecule has 1 atom stereocenters. The number of aromatic nitrogens is 3. The summed E-state index contributed by atoms with van der Waals surface area (Å²) in [6, 6.07) is 11.3. The van der Waals surface area contributed by atoms with Crippen LogP contribution in [0.1, 0.15) is 16.7 Å². The largest absolute Gasteiger partial charge is 0.419 e. The number of alkyl halides is 3. The van der Waals surface area contributed by atoms with Crippen molar-refractivity contribution in [1.82, 2.24) is 20.3 Å². The summed E-state index contributed by atoms with van der Waals surface area (Å²) in [6.45, 7) is 1.27. The first-order valence-electron chi connectivity index (χ1n) is 8.89. The lowest BCUT2D eigenvalue weighted by molar-refractivity contribution is -0.137. The summed E-state index contributed by atoms with van der Waals surface area (Å²) >= 11 is 0. The maximum Gasteiger partial charge on any atom is 0.419 e. The van der Waals surface area contributed by atoms with Gasteiger partial charge in [0.15, 0.2) is 0 Å². The van der Waals surface area contributed by atoms with Crippen LogP contribution in [0.5, 0.6) is 0 Å². The maximum atomic E-state index is 13.4. The highest BCUT2D eigenvalue weighted by Crippen LogP contribution is 2.35. The number of nitrogens with zero attached hydrogens (tertiary/aromatic N) is 3. The number of nitrogens with one attached hydrogen (secondary N) is 2. The Kier molecular flexibility index (Phi) is 6.34. The molecule has 5 nitrogen and oxygen atoms in total. The van der Waals surface area contributed by atoms with Crippen molar-refractivity contribution < 1.29 is 13.2 Å². The molecule has 29 heavy (non-hydrogen) atoms.